The van der Waals surface area contributed by atoms with Gasteiger partial charge in [0.05, 0.1) is 10.9 Å². The van der Waals surface area contributed by atoms with E-state index in [4.69, 9.17) is 16.3 Å². The first-order chi connectivity index (χ1) is 17.8. The van der Waals surface area contributed by atoms with Crippen LogP contribution in [0.4, 0.5) is 0 Å². The van der Waals surface area contributed by atoms with Gasteiger partial charge in [-0.05, 0) is 93.5 Å². The second kappa shape index (κ2) is 12.0. The number of nitrogens with one attached hydrogen (secondary N) is 2. The van der Waals surface area contributed by atoms with Gasteiger partial charge in [0, 0.05) is 23.3 Å². The van der Waals surface area contributed by atoms with Crippen LogP contribution in [-0.2, 0) is 21.2 Å². The van der Waals surface area contributed by atoms with E-state index < -0.39 is 21.8 Å². The summed E-state index contributed by atoms with van der Waals surface area (Å²) in [5, 5.41) is 12.9. The maximum Gasteiger partial charge on any atom is 0.260 e. The molecule has 1 aromatic heterocycles. The van der Waals surface area contributed by atoms with E-state index in [1.165, 1.54) is 18.3 Å². The molecule has 3 aromatic rings. The molecule has 1 saturated heterocycles. The Morgan fingerprint density at radius 2 is 1.73 bits per heavy atom. The minimum Gasteiger partial charge on any atom is -0.457 e. The molecule has 2 heterocycles. The molecule has 11 heteroatoms. The molecule has 4 rings (SSSR count). The van der Waals surface area contributed by atoms with Crippen molar-refractivity contribution in [1.29, 1.82) is 0 Å². The zero-order valence-electron chi connectivity index (χ0n) is 20.3. The van der Waals surface area contributed by atoms with Crippen LogP contribution in [0.2, 0.25) is 5.02 Å². The van der Waals surface area contributed by atoms with E-state index in [0.29, 0.717) is 22.1 Å². The molecule has 1 atom stereocenters. The number of likely N-dealkylation sites (tertiary alicyclic amines) is 1. The van der Waals surface area contributed by atoms with E-state index in [-0.39, 0.29) is 22.4 Å². The normalized spacial score (nSPS) is 15.8. The van der Waals surface area contributed by atoms with Crippen molar-refractivity contribution in [3.63, 3.8) is 0 Å². The number of hydroxylamine groups is 1. The van der Waals surface area contributed by atoms with Gasteiger partial charge in [0.15, 0.2) is 5.03 Å². The number of benzene rings is 2. The molecule has 0 spiro atoms. The van der Waals surface area contributed by atoms with Crippen LogP contribution in [0.3, 0.4) is 0 Å². The first-order valence-corrected chi connectivity index (χ1v) is 13.7. The molecule has 0 unspecified atom stereocenters. The highest BCUT2D eigenvalue weighted by Crippen LogP contribution is 2.28. The number of hydrogen-bond acceptors (Lipinski definition) is 8. The lowest BCUT2D eigenvalue weighted by atomic mass is 9.89. The molecule has 1 amide bonds. The van der Waals surface area contributed by atoms with Crippen LogP contribution in [-0.4, -0.2) is 55.6 Å². The summed E-state index contributed by atoms with van der Waals surface area (Å²) in [6, 6.07) is 15.6. The molecule has 9 nitrogen and oxygen atoms in total. The second-order valence-corrected chi connectivity index (χ2v) is 11.3. The highest BCUT2D eigenvalue weighted by atomic mass is 35.5. The Kier molecular flexibility index (Phi) is 8.78. The molecule has 0 radical (unpaired) electrons. The third kappa shape index (κ3) is 6.65. The Morgan fingerprint density at radius 3 is 2.35 bits per heavy atom. The van der Waals surface area contributed by atoms with E-state index >= 15 is 0 Å². The van der Waals surface area contributed by atoms with E-state index in [2.05, 4.69) is 15.2 Å². The second-order valence-electron chi connectivity index (χ2n) is 8.97. The van der Waals surface area contributed by atoms with Crippen LogP contribution in [0, 0.1) is 5.92 Å². The molecule has 0 bridgehead atoms. The topological polar surface area (TPSA) is 121 Å². The highest BCUT2D eigenvalue weighted by Gasteiger charge is 2.31. The molecular formula is C26H29ClN4O5S. The molecule has 3 N–H and O–H groups in total. The number of sulfone groups is 1. The number of nitrogens with zero attached hydrogens (tertiary/aromatic N) is 2. The van der Waals surface area contributed by atoms with Crippen LogP contribution in [0.5, 0.6) is 11.5 Å². The van der Waals surface area contributed by atoms with Crippen molar-refractivity contribution in [3.05, 3.63) is 77.4 Å². The predicted molar refractivity (Wildman–Crippen MR) is 138 cm³/mol. The van der Waals surface area contributed by atoms with Gasteiger partial charge >= 0.3 is 0 Å². The third-order valence-corrected chi connectivity index (χ3v) is 8.45. The number of rotatable bonds is 9. The van der Waals surface area contributed by atoms with E-state index in [9.17, 15) is 18.4 Å². The number of halogens is 1. The van der Waals surface area contributed by atoms with Gasteiger partial charge in [0.2, 0.25) is 9.84 Å². The van der Waals surface area contributed by atoms with E-state index in [0.717, 1.165) is 25.9 Å². The Balaban J connectivity index is 1.51. The Labute approximate surface area is 221 Å². The van der Waals surface area contributed by atoms with Crippen molar-refractivity contribution < 1.29 is 23.2 Å². The summed E-state index contributed by atoms with van der Waals surface area (Å²) < 4.78 is 32.7. The Bertz CT molecular complexity index is 1310. The predicted octanol–water partition coefficient (Wildman–Crippen LogP) is 3.67. The van der Waals surface area contributed by atoms with Crippen LogP contribution < -0.4 is 15.5 Å². The number of carbonyl (C=O) groups excluding carboxylic acids is 1. The summed E-state index contributed by atoms with van der Waals surface area (Å²) in [5.74, 6) is 0.511. The van der Waals surface area contributed by atoms with Gasteiger partial charge in [0.25, 0.3) is 5.91 Å². The van der Waals surface area contributed by atoms with E-state index in [1.807, 2.05) is 7.05 Å². The lowest BCUT2D eigenvalue weighted by molar-refractivity contribution is -0.133. The molecular weight excluding hydrogens is 516 g/mol. The first-order valence-electron chi connectivity index (χ1n) is 11.9. The monoisotopic (exact) mass is 544 g/mol. The lowest BCUT2D eigenvalue weighted by Gasteiger charge is -2.33. The summed E-state index contributed by atoms with van der Waals surface area (Å²) in [6.07, 6.45) is 2.98. The number of pyridine rings is 1. The van der Waals surface area contributed by atoms with Crippen LogP contribution in [0.1, 0.15) is 18.4 Å². The quantitative estimate of drug-likeness (QED) is 0.276. The molecule has 0 saturated carbocycles. The number of aromatic nitrogens is 1. The van der Waals surface area contributed by atoms with Crippen molar-refractivity contribution in [2.45, 2.75) is 35.3 Å². The zero-order chi connectivity index (χ0) is 26.4. The van der Waals surface area contributed by atoms with Crippen molar-refractivity contribution in [1.82, 2.24) is 20.7 Å². The third-order valence-electron chi connectivity index (χ3n) is 6.43. The average Bonchev–Trinajstić information content (AvgIpc) is 2.91. The van der Waals surface area contributed by atoms with Crippen molar-refractivity contribution in [3.8, 4) is 11.5 Å². The summed E-state index contributed by atoms with van der Waals surface area (Å²) in [4.78, 5) is 18.8. The number of hydrogen-bond donors (Lipinski definition) is 3. The summed E-state index contributed by atoms with van der Waals surface area (Å²) in [5.41, 5.74) is 2.16. The number of amides is 1. The van der Waals surface area contributed by atoms with Gasteiger partial charge in [-0.3, -0.25) is 10.0 Å². The van der Waals surface area contributed by atoms with Crippen molar-refractivity contribution in [2.75, 3.05) is 20.1 Å². The SMILES string of the molecule is CN1CCC([C@@H](NCc2cccnc2S(=O)(=O)c2ccc(Oc3ccc(Cl)cc3)cc2)C(=O)NO)CC1. The molecule has 37 heavy (non-hydrogen) atoms. The summed E-state index contributed by atoms with van der Waals surface area (Å²) in [6.45, 7) is 1.77. The molecule has 0 aliphatic carbocycles. The fourth-order valence-electron chi connectivity index (χ4n) is 4.36. The highest BCUT2D eigenvalue weighted by molar-refractivity contribution is 7.91. The molecule has 2 aromatic carbocycles. The van der Waals surface area contributed by atoms with Crippen LogP contribution in [0.15, 0.2) is 76.8 Å². The fraction of sp³-hybridized carbons (Fsp3) is 0.308. The van der Waals surface area contributed by atoms with Gasteiger partial charge in [-0.15, -0.1) is 0 Å². The maximum atomic E-state index is 13.5. The van der Waals surface area contributed by atoms with Gasteiger partial charge in [-0.2, -0.15) is 0 Å². The largest absolute Gasteiger partial charge is 0.457 e. The summed E-state index contributed by atoms with van der Waals surface area (Å²) >= 11 is 5.90. The molecule has 1 aliphatic heterocycles. The van der Waals surface area contributed by atoms with Crippen LogP contribution >= 0.6 is 11.6 Å². The first kappa shape index (κ1) is 27.0. The van der Waals surface area contributed by atoms with Crippen molar-refractivity contribution >= 4 is 27.3 Å². The number of carbonyl (C=O) groups is 1. The number of ether oxygens (including phenoxy) is 1. The smallest absolute Gasteiger partial charge is 0.260 e. The molecule has 196 valence electrons. The number of piperidine rings is 1. The summed E-state index contributed by atoms with van der Waals surface area (Å²) in [7, 11) is -1.93. The van der Waals surface area contributed by atoms with Crippen LogP contribution in [0.25, 0.3) is 0 Å². The fourth-order valence-corrected chi connectivity index (χ4v) is 5.89. The minimum atomic E-state index is -3.95. The van der Waals surface area contributed by atoms with Gasteiger partial charge in [-0.25, -0.2) is 18.9 Å². The van der Waals surface area contributed by atoms with Crippen molar-refractivity contribution in [2.24, 2.45) is 5.92 Å². The molecule has 1 aliphatic rings. The zero-order valence-corrected chi connectivity index (χ0v) is 21.9. The van der Waals surface area contributed by atoms with Gasteiger partial charge < -0.3 is 15.0 Å². The maximum absolute atomic E-state index is 13.5. The van der Waals surface area contributed by atoms with Gasteiger partial charge in [0.1, 0.15) is 11.5 Å². The molecule has 1 fully saturated rings. The average molecular weight is 545 g/mol. The van der Waals surface area contributed by atoms with E-state index in [1.54, 1.807) is 54.0 Å². The standard InChI is InChI=1S/C26H29ClN4O5S/c1-31-15-12-18(13-16-31)24(25(32)30-33)29-17-19-3-2-14-28-26(19)37(34,35)23-10-8-22(9-11-23)36-21-6-4-20(27)5-7-21/h2-11,14,18,24,29,33H,12-13,15-17H2,1H3,(H,30,32)/t24-/m1/s1. The minimum absolute atomic E-state index is 0.00765. The lowest BCUT2D eigenvalue weighted by Crippen LogP contribution is -2.50. The Hall–Kier alpha value is -3.02. The van der Waals surface area contributed by atoms with Gasteiger partial charge in [-0.1, -0.05) is 17.7 Å². The Morgan fingerprint density at radius 1 is 1.11 bits per heavy atom.